The van der Waals surface area contributed by atoms with E-state index in [2.05, 4.69) is 0 Å². The zero-order chi connectivity index (χ0) is 13.1. The maximum absolute atomic E-state index is 11.1. The lowest BCUT2D eigenvalue weighted by Crippen LogP contribution is -2.13. The van der Waals surface area contributed by atoms with Crippen LogP contribution in [0.4, 0.5) is 0 Å². The van der Waals surface area contributed by atoms with Crippen LogP contribution in [0.5, 0.6) is 5.75 Å². The van der Waals surface area contributed by atoms with Gasteiger partial charge in [0.05, 0.1) is 16.0 Å². The Morgan fingerprint density at radius 3 is 2.29 bits per heavy atom. The van der Waals surface area contributed by atoms with Crippen molar-refractivity contribution in [1.29, 1.82) is 0 Å². The lowest BCUT2D eigenvalue weighted by atomic mass is 10.2. The summed E-state index contributed by atoms with van der Waals surface area (Å²) in [4.78, 5) is -0.0268. The molecule has 0 heterocycles. The van der Waals surface area contributed by atoms with E-state index >= 15 is 0 Å². The molecule has 0 spiro atoms. The first-order chi connectivity index (χ1) is 7.88. The molecule has 0 N–H and O–H groups in total. The second-order valence-electron chi connectivity index (χ2n) is 3.59. The number of halogens is 2. The Hall–Kier alpha value is -0.450. The Morgan fingerprint density at radius 2 is 1.88 bits per heavy atom. The van der Waals surface area contributed by atoms with Crippen LogP contribution < -0.4 is 4.74 Å². The van der Waals surface area contributed by atoms with Gasteiger partial charge in [0.15, 0.2) is 0 Å². The average Bonchev–Trinajstić information content (AvgIpc) is 2.26. The van der Waals surface area contributed by atoms with Gasteiger partial charge in [-0.05, 0) is 31.0 Å². The Balaban J connectivity index is 2.98. The van der Waals surface area contributed by atoms with E-state index in [-0.39, 0.29) is 16.0 Å². The van der Waals surface area contributed by atoms with Gasteiger partial charge in [-0.3, -0.25) is 0 Å². The van der Waals surface area contributed by atoms with Crippen LogP contribution in [0.25, 0.3) is 0 Å². The summed E-state index contributed by atoms with van der Waals surface area (Å²) in [7, 11) is 1.47. The van der Waals surface area contributed by atoms with Crippen molar-refractivity contribution in [2.24, 2.45) is 0 Å². The first-order valence-corrected chi connectivity index (χ1v) is 7.98. The van der Waals surface area contributed by atoms with Gasteiger partial charge in [-0.2, -0.15) is 0 Å². The highest BCUT2D eigenvalue weighted by atomic mass is 35.7. The van der Waals surface area contributed by atoms with Gasteiger partial charge in [0, 0.05) is 10.7 Å². The maximum atomic E-state index is 11.1. The van der Waals surface area contributed by atoms with Gasteiger partial charge >= 0.3 is 0 Å². The first-order valence-electron chi connectivity index (χ1n) is 5.29. The number of hydrogen-bond acceptors (Lipinski definition) is 3. The fourth-order valence-electron chi connectivity index (χ4n) is 1.36. The summed E-state index contributed by atoms with van der Waals surface area (Å²) in [6.45, 7) is 4.03. The third-order valence-corrected chi connectivity index (χ3v) is 4.04. The molecule has 6 heteroatoms. The predicted molar refractivity (Wildman–Crippen MR) is 69.5 cm³/mol. The van der Waals surface area contributed by atoms with Crippen molar-refractivity contribution in [3.8, 4) is 5.75 Å². The molecule has 0 bridgehead atoms. The van der Waals surface area contributed by atoms with Gasteiger partial charge in [-0.1, -0.05) is 25.4 Å². The number of ether oxygens (including phenoxy) is 1. The van der Waals surface area contributed by atoms with Crippen LogP contribution in [0.2, 0.25) is 5.02 Å². The molecule has 0 amide bonds. The standard InChI is InChI=1S/C11H14Cl2O3S/c1-3-8(4-2)16-11-6-5-9(7-10(11)12)17(13,14)15/h5-8H,3-4H2,1-2H3. The third-order valence-electron chi connectivity index (χ3n) is 2.39. The second kappa shape index (κ2) is 5.94. The molecule has 0 aromatic heterocycles. The molecule has 96 valence electrons. The summed E-state index contributed by atoms with van der Waals surface area (Å²) in [6.07, 6.45) is 1.80. The fourth-order valence-corrected chi connectivity index (χ4v) is 2.43. The molecule has 0 fully saturated rings. The maximum Gasteiger partial charge on any atom is 0.261 e. The van der Waals surface area contributed by atoms with Crippen LogP contribution in [0.15, 0.2) is 23.1 Å². The molecule has 3 nitrogen and oxygen atoms in total. The van der Waals surface area contributed by atoms with E-state index in [1.807, 2.05) is 13.8 Å². The molecule has 17 heavy (non-hydrogen) atoms. The van der Waals surface area contributed by atoms with Crippen molar-refractivity contribution in [1.82, 2.24) is 0 Å². The molecule has 0 saturated heterocycles. The number of hydrogen-bond donors (Lipinski definition) is 0. The molecule has 1 aromatic rings. The molecule has 0 aliphatic rings. The molecular formula is C11H14Cl2O3S. The van der Waals surface area contributed by atoms with Crippen molar-refractivity contribution < 1.29 is 13.2 Å². The van der Waals surface area contributed by atoms with E-state index in [1.54, 1.807) is 0 Å². The molecule has 0 aliphatic heterocycles. The second-order valence-corrected chi connectivity index (χ2v) is 6.56. The van der Waals surface area contributed by atoms with Gasteiger partial charge < -0.3 is 4.74 Å². The molecule has 0 saturated carbocycles. The average molecular weight is 297 g/mol. The first kappa shape index (κ1) is 14.6. The molecule has 1 aromatic carbocycles. The lowest BCUT2D eigenvalue weighted by Gasteiger charge is -2.16. The smallest absolute Gasteiger partial charge is 0.261 e. The van der Waals surface area contributed by atoms with Gasteiger partial charge in [0.2, 0.25) is 0 Å². The zero-order valence-corrected chi connectivity index (χ0v) is 11.9. The third kappa shape index (κ3) is 4.05. The quantitative estimate of drug-likeness (QED) is 0.776. The van der Waals surface area contributed by atoms with E-state index in [0.717, 1.165) is 12.8 Å². The summed E-state index contributed by atoms with van der Waals surface area (Å²) in [5.41, 5.74) is 0. The summed E-state index contributed by atoms with van der Waals surface area (Å²) in [6, 6.07) is 4.20. The van der Waals surface area contributed by atoms with Crippen LogP contribution in [-0.2, 0) is 9.05 Å². The van der Waals surface area contributed by atoms with E-state index in [9.17, 15) is 8.42 Å². The fraction of sp³-hybridized carbons (Fsp3) is 0.455. The minimum Gasteiger partial charge on any atom is -0.489 e. The van der Waals surface area contributed by atoms with Crippen molar-refractivity contribution in [3.05, 3.63) is 23.2 Å². The Bertz CT molecular complexity index is 481. The minimum atomic E-state index is -3.75. The summed E-state index contributed by atoms with van der Waals surface area (Å²) in [5.74, 6) is 0.476. The highest BCUT2D eigenvalue weighted by molar-refractivity contribution is 8.13. The highest BCUT2D eigenvalue weighted by Gasteiger charge is 2.14. The van der Waals surface area contributed by atoms with E-state index < -0.39 is 9.05 Å². The summed E-state index contributed by atoms with van der Waals surface area (Å²) in [5, 5.41) is 0.249. The van der Waals surface area contributed by atoms with Crippen molar-refractivity contribution >= 4 is 31.3 Å². The van der Waals surface area contributed by atoms with Gasteiger partial charge in [0.1, 0.15) is 5.75 Å². The number of rotatable bonds is 5. The summed E-state index contributed by atoms with van der Waals surface area (Å²) >= 11 is 5.95. The normalized spacial score (nSPS) is 11.8. The monoisotopic (exact) mass is 296 g/mol. The Kier molecular flexibility index (Phi) is 5.10. The Morgan fingerprint density at radius 1 is 1.29 bits per heavy atom. The molecule has 1 rings (SSSR count). The SMILES string of the molecule is CCC(CC)Oc1ccc(S(=O)(=O)Cl)cc1Cl. The minimum absolute atomic E-state index is 0.0268. The van der Waals surface area contributed by atoms with Gasteiger partial charge in [-0.15, -0.1) is 0 Å². The van der Waals surface area contributed by atoms with Crippen LogP contribution in [0.3, 0.4) is 0 Å². The molecule has 0 aliphatic carbocycles. The molecule has 0 atom stereocenters. The van der Waals surface area contributed by atoms with E-state index in [1.165, 1.54) is 18.2 Å². The zero-order valence-electron chi connectivity index (χ0n) is 9.61. The topological polar surface area (TPSA) is 43.4 Å². The lowest BCUT2D eigenvalue weighted by molar-refractivity contribution is 0.193. The van der Waals surface area contributed by atoms with Gasteiger partial charge in [0.25, 0.3) is 9.05 Å². The van der Waals surface area contributed by atoms with Crippen LogP contribution in [-0.4, -0.2) is 14.5 Å². The Labute approximate surface area is 111 Å². The molecule has 0 unspecified atom stereocenters. The van der Waals surface area contributed by atoms with Gasteiger partial charge in [-0.25, -0.2) is 8.42 Å². The van der Waals surface area contributed by atoms with Crippen molar-refractivity contribution in [3.63, 3.8) is 0 Å². The predicted octanol–water partition coefficient (Wildman–Crippen LogP) is 3.83. The number of benzene rings is 1. The van der Waals surface area contributed by atoms with Crippen LogP contribution in [0, 0.1) is 0 Å². The summed E-state index contributed by atoms with van der Waals surface area (Å²) < 4.78 is 27.8. The van der Waals surface area contributed by atoms with E-state index in [0.29, 0.717) is 5.75 Å². The van der Waals surface area contributed by atoms with Crippen molar-refractivity contribution in [2.75, 3.05) is 0 Å². The van der Waals surface area contributed by atoms with Crippen molar-refractivity contribution in [2.45, 2.75) is 37.7 Å². The van der Waals surface area contributed by atoms with Crippen LogP contribution in [0.1, 0.15) is 26.7 Å². The highest BCUT2D eigenvalue weighted by Crippen LogP contribution is 2.30. The van der Waals surface area contributed by atoms with Crippen LogP contribution >= 0.6 is 22.3 Å². The largest absolute Gasteiger partial charge is 0.489 e. The molecular weight excluding hydrogens is 283 g/mol. The molecule has 0 radical (unpaired) electrons. The van der Waals surface area contributed by atoms with E-state index in [4.69, 9.17) is 27.0 Å².